The predicted octanol–water partition coefficient (Wildman–Crippen LogP) is 6.01. The van der Waals surface area contributed by atoms with Gasteiger partial charge in [-0.2, -0.15) is 0 Å². The van der Waals surface area contributed by atoms with Crippen LogP contribution in [0.5, 0.6) is 0 Å². The molecular weight excluding hydrogens is 582 g/mol. The Bertz CT molecular complexity index is 1620. The van der Waals surface area contributed by atoms with Crippen LogP contribution in [0, 0.1) is 6.92 Å². The van der Waals surface area contributed by atoms with E-state index in [0.717, 1.165) is 67.2 Å². The number of likely N-dealkylation sites (N-methyl/N-ethyl adjacent to an activating group) is 1. The van der Waals surface area contributed by atoms with Gasteiger partial charge in [0, 0.05) is 60.7 Å². The molecule has 1 aliphatic heterocycles. The molecule has 2 aromatic heterocycles. The number of nitrogens with zero attached hydrogens (tertiary/aromatic N) is 5. The summed E-state index contributed by atoms with van der Waals surface area (Å²) in [4.78, 5) is 40.6. The molecule has 11 heteroatoms. The average Bonchev–Trinajstić information content (AvgIpc) is 3.07. The summed E-state index contributed by atoms with van der Waals surface area (Å²) in [6.45, 7) is 10.4. The van der Waals surface area contributed by atoms with Crippen LogP contribution in [0.1, 0.15) is 41.8 Å². The number of nitrogens with one attached hydrogen (secondary N) is 2. The Kier molecular flexibility index (Phi) is 10.6. The highest BCUT2D eigenvalue weighted by molar-refractivity contribution is 6.04. The first-order chi connectivity index (χ1) is 22.2. The molecule has 2 N–H and O–H groups in total. The number of quaternary nitrogens is 1. The van der Waals surface area contributed by atoms with Crippen LogP contribution in [-0.2, 0) is 16.0 Å². The highest BCUT2D eigenvalue weighted by Gasteiger charge is 2.30. The van der Waals surface area contributed by atoms with E-state index in [1.807, 2.05) is 81.4 Å². The third-order valence-corrected chi connectivity index (χ3v) is 8.26. The van der Waals surface area contributed by atoms with Gasteiger partial charge in [-0.15, -0.1) is 0 Å². The van der Waals surface area contributed by atoms with Gasteiger partial charge in [0.15, 0.2) is 0 Å². The maximum atomic E-state index is 13.1. The largest absolute Gasteiger partial charge is 0.512 e. The van der Waals surface area contributed by atoms with Crippen LogP contribution in [0.15, 0.2) is 79.3 Å². The van der Waals surface area contributed by atoms with Crippen molar-refractivity contribution in [3.63, 3.8) is 0 Å². The van der Waals surface area contributed by atoms with E-state index < -0.39 is 6.16 Å². The number of benzene rings is 2. The van der Waals surface area contributed by atoms with Crippen LogP contribution in [0.25, 0.3) is 11.3 Å². The second-order valence-electron chi connectivity index (χ2n) is 12.0. The minimum absolute atomic E-state index is 0.145. The van der Waals surface area contributed by atoms with Gasteiger partial charge in [-0.1, -0.05) is 25.1 Å². The normalized spacial score (nSPS) is 15.0. The minimum Gasteiger partial charge on any atom is -0.431 e. The standard InChI is InChI=1S/C35H41N7O4/c1-5-26(3)46-35(44)45-24-42(4)19-17-41(18-20-42)23-27-9-11-28(12-10-27)33(43)38-30-13-8-25(2)32(21-30)40-34-37-16-14-31(39-34)29-7-6-15-36-22-29/h6-16,21-22,26H,5,17-20,23-24H2,1-4H3,(H-,37,38,39,40,43)/p+1/t26-/m1/s1. The van der Waals surface area contributed by atoms with Crippen molar-refractivity contribution in [2.45, 2.75) is 39.8 Å². The molecule has 11 nitrogen and oxygen atoms in total. The van der Waals surface area contributed by atoms with Crippen molar-refractivity contribution in [3.05, 3.63) is 95.9 Å². The van der Waals surface area contributed by atoms with Gasteiger partial charge < -0.3 is 20.1 Å². The molecule has 46 heavy (non-hydrogen) atoms. The third kappa shape index (κ3) is 8.86. The SMILES string of the molecule is CC[C@@H](C)OC(=O)OC[N+]1(C)CCN(Cc2ccc(C(=O)Nc3ccc(C)c(Nc4nccc(-c5cccnc5)n4)c3)cc2)CC1. The molecule has 0 aliphatic carbocycles. The molecule has 240 valence electrons. The lowest BCUT2D eigenvalue weighted by Gasteiger charge is -2.41. The summed E-state index contributed by atoms with van der Waals surface area (Å²) in [5.74, 6) is 0.268. The maximum absolute atomic E-state index is 13.1. The minimum atomic E-state index is -0.600. The second kappa shape index (κ2) is 14.9. The number of carbonyl (C=O) groups excluding carboxylic acids is 2. The average molecular weight is 625 g/mol. The molecule has 1 aliphatic rings. The zero-order valence-electron chi connectivity index (χ0n) is 26.9. The molecule has 3 heterocycles. The van der Waals surface area contributed by atoms with Crippen molar-refractivity contribution >= 4 is 29.4 Å². The van der Waals surface area contributed by atoms with Crippen molar-refractivity contribution in [2.75, 3.05) is 50.6 Å². The zero-order valence-corrected chi connectivity index (χ0v) is 26.9. The van der Waals surface area contributed by atoms with Crippen LogP contribution in [0.3, 0.4) is 0 Å². The molecule has 1 saturated heterocycles. The van der Waals surface area contributed by atoms with Crippen LogP contribution in [-0.4, -0.2) is 82.5 Å². The first-order valence-electron chi connectivity index (χ1n) is 15.6. The van der Waals surface area contributed by atoms with E-state index in [1.54, 1.807) is 18.6 Å². The summed E-state index contributed by atoms with van der Waals surface area (Å²) in [7, 11) is 2.10. The van der Waals surface area contributed by atoms with E-state index in [-0.39, 0.29) is 12.0 Å². The lowest BCUT2D eigenvalue weighted by molar-refractivity contribution is -0.929. The summed E-state index contributed by atoms with van der Waals surface area (Å²) < 4.78 is 11.3. The lowest BCUT2D eigenvalue weighted by atomic mass is 10.1. The van der Waals surface area contributed by atoms with Crippen LogP contribution < -0.4 is 10.6 Å². The number of hydrogen-bond donors (Lipinski definition) is 2. The van der Waals surface area contributed by atoms with Gasteiger partial charge in [-0.3, -0.25) is 19.2 Å². The highest BCUT2D eigenvalue weighted by atomic mass is 16.7. The molecule has 0 unspecified atom stereocenters. The van der Waals surface area contributed by atoms with E-state index in [1.165, 1.54) is 0 Å². The quantitative estimate of drug-likeness (QED) is 0.153. The van der Waals surface area contributed by atoms with Crippen LogP contribution in [0.2, 0.25) is 0 Å². The number of ether oxygens (including phenoxy) is 2. The molecule has 4 aromatic rings. The molecule has 0 radical (unpaired) electrons. The number of carbonyl (C=O) groups is 2. The number of aryl methyl sites for hydroxylation is 1. The molecule has 2 aromatic carbocycles. The number of amides is 1. The number of hydrogen-bond acceptors (Lipinski definition) is 9. The molecule has 0 bridgehead atoms. The number of anilines is 3. The van der Waals surface area contributed by atoms with Gasteiger partial charge in [-0.05, 0) is 73.9 Å². The van der Waals surface area contributed by atoms with Crippen molar-refractivity contribution < 1.29 is 23.5 Å². The number of pyridine rings is 1. The molecule has 1 atom stereocenters. The first-order valence-corrected chi connectivity index (χ1v) is 15.6. The van der Waals surface area contributed by atoms with E-state index in [2.05, 4.69) is 37.5 Å². The fourth-order valence-electron chi connectivity index (χ4n) is 5.04. The summed E-state index contributed by atoms with van der Waals surface area (Å²) in [5, 5.41) is 6.29. The summed E-state index contributed by atoms with van der Waals surface area (Å²) in [6, 6.07) is 19.1. The fraction of sp³-hybridized carbons (Fsp3) is 0.343. The zero-order chi connectivity index (χ0) is 32.5. The van der Waals surface area contributed by atoms with Gasteiger partial charge in [0.2, 0.25) is 12.7 Å². The van der Waals surface area contributed by atoms with Crippen molar-refractivity contribution in [1.29, 1.82) is 0 Å². The Morgan fingerprint density at radius 2 is 1.83 bits per heavy atom. The predicted molar refractivity (Wildman–Crippen MR) is 178 cm³/mol. The Balaban J connectivity index is 1.12. The van der Waals surface area contributed by atoms with Crippen LogP contribution in [0.4, 0.5) is 22.1 Å². The summed E-state index contributed by atoms with van der Waals surface area (Å²) in [5.41, 5.74) is 5.83. The lowest BCUT2D eigenvalue weighted by Crippen LogP contribution is -2.58. The van der Waals surface area contributed by atoms with Gasteiger partial charge in [0.05, 0.1) is 25.8 Å². The monoisotopic (exact) mass is 624 g/mol. The van der Waals surface area contributed by atoms with Crippen molar-refractivity contribution in [3.8, 4) is 11.3 Å². The Hall–Kier alpha value is -4.87. The number of aromatic nitrogens is 3. The van der Waals surface area contributed by atoms with Gasteiger partial charge >= 0.3 is 6.16 Å². The van der Waals surface area contributed by atoms with Gasteiger partial charge in [-0.25, -0.2) is 14.8 Å². The smallest absolute Gasteiger partial charge is 0.431 e. The second-order valence-corrected chi connectivity index (χ2v) is 12.0. The molecular formula is C35H42N7O4+. The maximum Gasteiger partial charge on any atom is 0.512 e. The Labute approximate surface area is 270 Å². The van der Waals surface area contributed by atoms with E-state index in [9.17, 15) is 9.59 Å². The van der Waals surface area contributed by atoms with E-state index in [0.29, 0.717) is 28.4 Å². The molecule has 0 spiro atoms. The Morgan fingerprint density at radius 3 is 2.54 bits per heavy atom. The molecule has 1 fully saturated rings. The van der Waals surface area contributed by atoms with E-state index >= 15 is 0 Å². The van der Waals surface area contributed by atoms with Gasteiger partial charge in [0.1, 0.15) is 6.10 Å². The van der Waals surface area contributed by atoms with E-state index in [4.69, 9.17) is 9.47 Å². The van der Waals surface area contributed by atoms with Crippen molar-refractivity contribution in [2.24, 2.45) is 0 Å². The topological polar surface area (TPSA) is 119 Å². The fourth-order valence-corrected chi connectivity index (χ4v) is 5.04. The highest BCUT2D eigenvalue weighted by Crippen LogP contribution is 2.25. The number of piperazine rings is 1. The third-order valence-electron chi connectivity index (χ3n) is 8.26. The molecule has 1 amide bonds. The number of rotatable bonds is 11. The van der Waals surface area contributed by atoms with Crippen molar-refractivity contribution in [1.82, 2.24) is 19.9 Å². The summed E-state index contributed by atoms with van der Waals surface area (Å²) >= 11 is 0. The molecule has 5 rings (SSSR count). The van der Waals surface area contributed by atoms with Crippen LogP contribution >= 0.6 is 0 Å². The first kappa shape index (κ1) is 32.5. The molecule has 0 saturated carbocycles. The summed E-state index contributed by atoms with van der Waals surface area (Å²) in [6.07, 6.45) is 5.20. The van der Waals surface area contributed by atoms with Gasteiger partial charge in [0.25, 0.3) is 5.91 Å². The Morgan fingerprint density at radius 1 is 1.04 bits per heavy atom.